The molecule has 0 aromatic carbocycles. The van der Waals surface area contributed by atoms with Gasteiger partial charge in [0.1, 0.15) is 5.82 Å². The van der Waals surface area contributed by atoms with Crippen LogP contribution in [0.1, 0.15) is 29.4 Å². The highest BCUT2D eigenvalue weighted by molar-refractivity contribution is 6.04. The van der Waals surface area contributed by atoms with Gasteiger partial charge >= 0.3 is 0 Å². The second-order valence-corrected chi connectivity index (χ2v) is 4.57. The smallest absolute Gasteiger partial charge is 0.259 e. The number of amides is 1. The zero-order valence-electron chi connectivity index (χ0n) is 12.0. The lowest BCUT2D eigenvalue weighted by atomic mass is 10.2. The van der Waals surface area contributed by atoms with Crippen LogP contribution in [0.4, 0.5) is 16.0 Å². The van der Waals surface area contributed by atoms with Crippen molar-refractivity contribution >= 4 is 17.5 Å². The highest BCUT2D eigenvalue weighted by Gasteiger charge is 2.16. The molecule has 0 radical (unpaired) electrons. The van der Waals surface area contributed by atoms with E-state index >= 15 is 0 Å². The number of nitrogens with zero attached hydrogens (tertiary/aromatic N) is 2. The quantitative estimate of drug-likeness (QED) is 0.887. The first-order chi connectivity index (χ1) is 10.1. The van der Waals surface area contributed by atoms with Crippen LogP contribution in [-0.2, 0) is 0 Å². The summed E-state index contributed by atoms with van der Waals surface area (Å²) in [6.45, 7) is 4.37. The molecule has 2 aromatic heterocycles. The number of pyridine rings is 2. The second-order valence-electron chi connectivity index (χ2n) is 4.57. The number of anilines is 2. The molecule has 0 unspecified atom stereocenters. The first-order valence-corrected chi connectivity index (χ1v) is 6.75. The molecule has 2 N–H and O–H groups in total. The van der Waals surface area contributed by atoms with Crippen LogP contribution in [-0.4, -0.2) is 22.4 Å². The largest absolute Gasteiger partial charge is 0.368 e. The van der Waals surface area contributed by atoms with E-state index in [4.69, 9.17) is 0 Å². The lowest BCUT2D eigenvalue weighted by Crippen LogP contribution is -2.16. The molecule has 1 amide bonds. The topological polar surface area (TPSA) is 66.9 Å². The van der Waals surface area contributed by atoms with Crippen LogP contribution in [0.2, 0.25) is 0 Å². The van der Waals surface area contributed by atoms with Gasteiger partial charge in [0.25, 0.3) is 5.91 Å². The Morgan fingerprint density at radius 3 is 2.86 bits per heavy atom. The normalized spacial score (nSPS) is 10.2. The number of nitrogens with one attached hydrogen (secondary N) is 2. The van der Waals surface area contributed by atoms with Gasteiger partial charge in [-0.25, -0.2) is 14.4 Å². The molecular formula is C15H17FN4O. The summed E-state index contributed by atoms with van der Waals surface area (Å²) in [4.78, 5) is 20.2. The molecule has 0 bridgehead atoms. The zero-order valence-corrected chi connectivity index (χ0v) is 12.0. The molecule has 0 saturated carbocycles. The fourth-order valence-corrected chi connectivity index (χ4v) is 1.78. The molecule has 0 fully saturated rings. The maximum Gasteiger partial charge on any atom is 0.259 e. The van der Waals surface area contributed by atoms with Crippen LogP contribution in [0, 0.1) is 12.7 Å². The van der Waals surface area contributed by atoms with Crippen molar-refractivity contribution in [2.24, 2.45) is 0 Å². The predicted octanol–water partition coefficient (Wildman–Crippen LogP) is 3.00. The van der Waals surface area contributed by atoms with E-state index in [1.54, 1.807) is 12.1 Å². The van der Waals surface area contributed by atoms with E-state index in [0.29, 0.717) is 12.4 Å². The Labute approximate surface area is 122 Å². The summed E-state index contributed by atoms with van der Waals surface area (Å²) in [5, 5.41) is 5.43. The standard InChI is InChI=1S/C15H17FN4O/c1-3-8-17-14-13(16)11(7-9-18-14)15(21)20-12-6-4-5-10(2)19-12/h4-7,9H,3,8H2,1-2H3,(H,17,18)(H,19,20,21). The van der Waals surface area contributed by atoms with Gasteiger partial charge in [-0.3, -0.25) is 4.79 Å². The van der Waals surface area contributed by atoms with Gasteiger partial charge < -0.3 is 10.6 Å². The molecule has 2 rings (SSSR count). The lowest BCUT2D eigenvalue weighted by Gasteiger charge is -2.09. The predicted molar refractivity (Wildman–Crippen MR) is 79.9 cm³/mol. The number of hydrogen-bond acceptors (Lipinski definition) is 4. The monoisotopic (exact) mass is 288 g/mol. The van der Waals surface area contributed by atoms with Gasteiger partial charge in [-0.2, -0.15) is 0 Å². The first kappa shape index (κ1) is 14.9. The Hall–Kier alpha value is -2.50. The van der Waals surface area contributed by atoms with Crippen LogP contribution in [0.3, 0.4) is 0 Å². The van der Waals surface area contributed by atoms with Gasteiger partial charge in [-0.15, -0.1) is 0 Å². The van der Waals surface area contributed by atoms with E-state index in [1.165, 1.54) is 12.3 Å². The average molecular weight is 288 g/mol. The maximum absolute atomic E-state index is 14.2. The zero-order chi connectivity index (χ0) is 15.2. The number of carbonyl (C=O) groups is 1. The summed E-state index contributed by atoms with van der Waals surface area (Å²) < 4.78 is 14.2. The number of carbonyl (C=O) groups excluding carboxylic acids is 1. The van der Waals surface area contributed by atoms with Crippen molar-refractivity contribution in [3.8, 4) is 0 Å². The van der Waals surface area contributed by atoms with Gasteiger partial charge in [0.15, 0.2) is 11.6 Å². The maximum atomic E-state index is 14.2. The van der Waals surface area contributed by atoms with Crippen molar-refractivity contribution in [3.63, 3.8) is 0 Å². The number of aryl methyl sites for hydroxylation is 1. The summed E-state index contributed by atoms with van der Waals surface area (Å²) in [6, 6.07) is 6.59. The van der Waals surface area contributed by atoms with Crippen LogP contribution in [0.5, 0.6) is 0 Å². The third-order valence-corrected chi connectivity index (χ3v) is 2.81. The third-order valence-electron chi connectivity index (χ3n) is 2.81. The van der Waals surface area contributed by atoms with E-state index in [-0.39, 0.29) is 11.4 Å². The third kappa shape index (κ3) is 3.75. The second kappa shape index (κ2) is 6.78. The van der Waals surface area contributed by atoms with Crippen molar-refractivity contribution in [1.29, 1.82) is 0 Å². The summed E-state index contributed by atoms with van der Waals surface area (Å²) in [5.41, 5.74) is 0.709. The fourth-order valence-electron chi connectivity index (χ4n) is 1.78. The van der Waals surface area contributed by atoms with Crippen molar-refractivity contribution in [3.05, 3.63) is 47.5 Å². The van der Waals surface area contributed by atoms with Gasteiger partial charge in [-0.05, 0) is 31.5 Å². The van der Waals surface area contributed by atoms with Crippen LogP contribution in [0.15, 0.2) is 30.5 Å². The molecule has 5 nitrogen and oxygen atoms in total. The Morgan fingerprint density at radius 1 is 1.33 bits per heavy atom. The van der Waals surface area contributed by atoms with Gasteiger partial charge in [0, 0.05) is 18.4 Å². The Morgan fingerprint density at radius 2 is 2.14 bits per heavy atom. The van der Waals surface area contributed by atoms with Gasteiger partial charge in [0.2, 0.25) is 0 Å². The minimum absolute atomic E-state index is 0.0630. The van der Waals surface area contributed by atoms with Crippen molar-refractivity contribution < 1.29 is 9.18 Å². The molecular weight excluding hydrogens is 271 g/mol. The SMILES string of the molecule is CCCNc1nccc(C(=O)Nc2cccc(C)n2)c1F. The summed E-state index contributed by atoms with van der Waals surface area (Å²) >= 11 is 0. The molecule has 0 atom stereocenters. The number of aromatic nitrogens is 2. The van der Waals surface area contributed by atoms with E-state index in [1.807, 2.05) is 19.9 Å². The molecule has 110 valence electrons. The molecule has 0 spiro atoms. The minimum Gasteiger partial charge on any atom is -0.368 e. The van der Waals surface area contributed by atoms with Gasteiger partial charge in [-0.1, -0.05) is 13.0 Å². The summed E-state index contributed by atoms with van der Waals surface area (Å²) in [5.74, 6) is -0.732. The first-order valence-electron chi connectivity index (χ1n) is 6.75. The molecule has 2 heterocycles. The number of rotatable bonds is 5. The van der Waals surface area contributed by atoms with E-state index in [0.717, 1.165) is 12.1 Å². The molecule has 6 heteroatoms. The van der Waals surface area contributed by atoms with E-state index in [2.05, 4.69) is 20.6 Å². The number of hydrogen-bond donors (Lipinski definition) is 2. The average Bonchev–Trinajstić information content (AvgIpc) is 2.46. The Balaban J connectivity index is 2.19. The lowest BCUT2D eigenvalue weighted by molar-refractivity contribution is 0.102. The van der Waals surface area contributed by atoms with Crippen molar-refractivity contribution in [2.75, 3.05) is 17.2 Å². The van der Waals surface area contributed by atoms with Gasteiger partial charge in [0.05, 0.1) is 5.56 Å². The van der Waals surface area contributed by atoms with E-state index < -0.39 is 11.7 Å². The minimum atomic E-state index is -0.656. The van der Waals surface area contributed by atoms with Crippen LogP contribution < -0.4 is 10.6 Å². The van der Waals surface area contributed by atoms with Crippen molar-refractivity contribution in [1.82, 2.24) is 9.97 Å². The molecule has 0 saturated heterocycles. The highest BCUT2D eigenvalue weighted by Crippen LogP contribution is 2.16. The Bertz CT molecular complexity index is 645. The molecule has 0 aliphatic rings. The molecule has 21 heavy (non-hydrogen) atoms. The molecule has 2 aromatic rings. The van der Waals surface area contributed by atoms with E-state index in [9.17, 15) is 9.18 Å². The van der Waals surface area contributed by atoms with Crippen LogP contribution in [0.25, 0.3) is 0 Å². The summed E-state index contributed by atoms with van der Waals surface area (Å²) in [7, 11) is 0. The highest BCUT2D eigenvalue weighted by atomic mass is 19.1. The molecule has 0 aliphatic heterocycles. The van der Waals surface area contributed by atoms with Crippen LogP contribution >= 0.6 is 0 Å². The van der Waals surface area contributed by atoms with Crippen molar-refractivity contribution in [2.45, 2.75) is 20.3 Å². The Kier molecular flexibility index (Phi) is 4.81. The molecule has 0 aliphatic carbocycles. The number of halogens is 1. The fraction of sp³-hybridized carbons (Fsp3) is 0.267. The summed E-state index contributed by atoms with van der Waals surface area (Å²) in [6.07, 6.45) is 2.24.